The number of rotatable bonds is 8. The summed E-state index contributed by atoms with van der Waals surface area (Å²) in [5.41, 5.74) is 3.20. The molecule has 4 heterocycles. The molecule has 4 aromatic heterocycles. The average molecular weight is 868 g/mol. The zero-order chi connectivity index (χ0) is 41.8. The monoisotopic (exact) mass is 866 g/mol. The van der Waals surface area contributed by atoms with E-state index in [4.69, 9.17) is 9.47 Å². The van der Waals surface area contributed by atoms with Gasteiger partial charge < -0.3 is 25.2 Å². The largest absolute Gasteiger partial charge is 0.496 e. The first-order chi connectivity index (χ1) is 28.3. The van der Waals surface area contributed by atoms with Gasteiger partial charge >= 0.3 is 0 Å². The van der Waals surface area contributed by atoms with Gasteiger partial charge in [-0.25, -0.2) is 27.5 Å². The molecular formula is C41H31BrF4N10O3. The number of H-pyrrole nitrogens is 2. The molecule has 0 saturated carbocycles. The molecule has 8 rings (SSSR count). The molecule has 0 radical (unpaired) electrons. The van der Waals surface area contributed by atoms with Crippen LogP contribution < -0.4 is 20.1 Å². The highest BCUT2D eigenvalue weighted by molar-refractivity contribution is 9.10. The maximum absolute atomic E-state index is 13.9. The van der Waals surface area contributed by atoms with E-state index in [1.807, 2.05) is 24.3 Å². The smallest absolute Gasteiger partial charge is 0.229 e. The van der Waals surface area contributed by atoms with Crippen LogP contribution in [0.2, 0.25) is 0 Å². The molecule has 0 saturated heterocycles. The van der Waals surface area contributed by atoms with Crippen molar-refractivity contribution in [2.75, 3.05) is 24.9 Å². The highest BCUT2D eigenvalue weighted by Crippen LogP contribution is 2.36. The van der Waals surface area contributed by atoms with E-state index in [0.29, 0.717) is 56.1 Å². The van der Waals surface area contributed by atoms with Crippen molar-refractivity contribution in [3.05, 3.63) is 118 Å². The van der Waals surface area contributed by atoms with Crippen LogP contribution in [0, 0.1) is 35.1 Å². The average Bonchev–Trinajstić information content (AvgIpc) is 3.83. The van der Waals surface area contributed by atoms with Crippen LogP contribution in [0.4, 0.5) is 40.8 Å². The number of aromatic amines is 2. The van der Waals surface area contributed by atoms with Crippen LogP contribution in [0.1, 0.15) is 19.4 Å². The molecule has 18 heteroatoms. The number of fused-ring (bicyclic) bond motifs is 2. The molecule has 298 valence electrons. The van der Waals surface area contributed by atoms with Crippen molar-refractivity contribution >= 4 is 61.3 Å². The Labute approximate surface area is 341 Å². The number of benzene rings is 4. The topological polar surface area (TPSA) is 172 Å². The number of ether oxygens (including phenoxy) is 2. The van der Waals surface area contributed by atoms with E-state index in [0.717, 1.165) is 34.3 Å². The zero-order valence-corrected chi connectivity index (χ0v) is 33.0. The Hall–Kier alpha value is -7.10. The Morgan fingerprint density at radius 1 is 0.678 bits per heavy atom. The minimum Gasteiger partial charge on any atom is -0.496 e. The Morgan fingerprint density at radius 2 is 1.17 bits per heavy atom. The van der Waals surface area contributed by atoms with Gasteiger partial charge in [0.25, 0.3) is 0 Å². The van der Waals surface area contributed by atoms with E-state index >= 15 is 0 Å². The van der Waals surface area contributed by atoms with E-state index < -0.39 is 28.9 Å². The summed E-state index contributed by atoms with van der Waals surface area (Å²) in [5, 5.41) is 30.9. The summed E-state index contributed by atoms with van der Waals surface area (Å²) in [6, 6.07) is 17.3. The molecule has 5 N–H and O–H groups in total. The van der Waals surface area contributed by atoms with Gasteiger partial charge in [0.2, 0.25) is 11.9 Å². The highest BCUT2D eigenvalue weighted by Gasteiger charge is 2.18. The lowest BCUT2D eigenvalue weighted by molar-refractivity contribution is 0.143. The maximum Gasteiger partial charge on any atom is 0.229 e. The lowest BCUT2D eigenvalue weighted by atomic mass is 10.0. The second-order valence-corrected chi connectivity index (χ2v) is 14.0. The summed E-state index contributed by atoms with van der Waals surface area (Å²) < 4.78 is 65.6. The van der Waals surface area contributed by atoms with Crippen molar-refractivity contribution in [1.82, 2.24) is 40.3 Å². The molecule has 0 aliphatic rings. The summed E-state index contributed by atoms with van der Waals surface area (Å²) in [5.74, 6) is 4.39. The first-order valence-electron chi connectivity index (χ1n) is 17.4. The third-order valence-corrected chi connectivity index (χ3v) is 8.88. The number of nitrogens with one attached hydrogen (secondary N) is 4. The number of anilines is 4. The van der Waals surface area contributed by atoms with Crippen LogP contribution in [-0.4, -0.2) is 65.3 Å². The van der Waals surface area contributed by atoms with Gasteiger partial charge in [0.15, 0.2) is 11.3 Å². The Balaban J connectivity index is 0.000000181. The number of hydrogen-bond donors (Lipinski definition) is 5. The molecule has 59 heavy (non-hydrogen) atoms. The molecule has 0 fully saturated rings. The third-order valence-electron chi connectivity index (χ3n) is 8.39. The van der Waals surface area contributed by atoms with Crippen LogP contribution in [0.5, 0.6) is 11.5 Å². The van der Waals surface area contributed by atoms with Crippen molar-refractivity contribution < 1.29 is 32.1 Å². The lowest BCUT2D eigenvalue weighted by Gasteiger charge is -2.09. The molecule has 0 spiro atoms. The summed E-state index contributed by atoms with van der Waals surface area (Å²) in [6.45, 7) is 3.21. The summed E-state index contributed by atoms with van der Waals surface area (Å²) in [7, 11) is 3.14. The Kier molecular flexibility index (Phi) is 11.4. The van der Waals surface area contributed by atoms with E-state index in [2.05, 4.69) is 78.7 Å². The molecule has 13 nitrogen and oxygen atoms in total. The fourth-order valence-electron chi connectivity index (χ4n) is 5.64. The predicted molar refractivity (Wildman–Crippen MR) is 218 cm³/mol. The van der Waals surface area contributed by atoms with E-state index in [9.17, 15) is 22.7 Å². The molecule has 8 aromatic rings. The third kappa shape index (κ3) is 9.22. The summed E-state index contributed by atoms with van der Waals surface area (Å²) in [4.78, 5) is 17.0. The number of hydrogen-bond acceptors (Lipinski definition) is 11. The fraction of sp³-hybridized carbons (Fsp3) is 0.122. The molecule has 0 aliphatic carbocycles. The SMILES string of the molecule is COc1ccc(Br)cc1-c1[nH]nc2nc(Nc3ccc(F)cc3F)ncc12.COc1ccc(C#CC(C)(C)O)cc1-c1[nH]nc2nc(Nc3ccc(F)cc3F)ncc12. The minimum absolute atomic E-state index is 0.0428. The molecule has 0 bridgehead atoms. The van der Waals surface area contributed by atoms with Crippen molar-refractivity contribution in [3.63, 3.8) is 0 Å². The van der Waals surface area contributed by atoms with Crippen molar-refractivity contribution in [2.24, 2.45) is 0 Å². The quantitative estimate of drug-likeness (QED) is 0.0729. The van der Waals surface area contributed by atoms with Gasteiger partial charge in [0.1, 0.15) is 40.4 Å². The molecular weight excluding hydrogens is 836 g/mol. The van der Waals surface area contributed by atoms with Gasteiger partial charge in [0.05, 0.1) is 47.8 Å². The first kappa shape index (κ1) is 40.1. The molecule has 0 aliphatic heterocycles. The molecule has 4 aromatic carbocycles. The van der Waals surface area contributed by atoms with Gasteiger partial charge in [-0.15, -0.1) is 0 Å². The Bertz CT molecular complexity index is 2910. The van der Waals surface area contributed by atoms with Crippen LogP contribution in [0.15, 0.2) is 89.7 Å². The lowest BCUT2D eigenvalue weighted by Crippen LogP contribution is -2.14. The van der Waals surface area contributed by atoms with Crippen molar-refractivity contribution in [1.29, 1.82) is 0 Å². The second kappa shape index (κ2) is 16.8. The number of halogens is 5. The van der Waals surface area contributed by atoms with E-state index in [-0.39, 0.29) is 23.3 Å². The van der Waals surface area contributed by atoms with Gasteiger partial charge in [-0.2, -0.15) is 20.2 Å². The maximum atomic E-state index is 13.9. The van der Waals surface area contributed by atoms with Gasteiger partial charge in [-0.1, -0.05) is 27.8 Å². The van der Waals surface area contributed by atoms with Gasteiger partial charge in [-0.3, -0.25) is 10.2 Å². The van der Waals surface area contributed by atoms with Crippen molar-refractivity contribution in [3.8, 4) is 45.9 Å². The molecule has 0 atom stereocenters. The second-order valence-electron chi connectivity index (χ2n) is 13.1. The van der Waals surface area contributed by atoms with E-state index in [1.54, 1.807) is 52.6 Å². The fourth-order valence-corrected chi connectivity index (χ4v) is 6.00. The number of methoxy groups -OCH3 is 2. The van der Waals surface area contributed by atoms with Crippen LogP contribution in [-0.2, 0) is 0 Å². The molecule has 0 unspecified atom stereocenters. The minimum atomic E-state index is -1.12. The summed E-state index contributed by atoms with van der Waals surface area (Å²) in [6.07, 6.45) is 3.12. The Morgan fingerprint density at radius 3 is 1.64 bits per heavy atom. The molecule has 0 amide bonds. The summed E-state index contributed by atoms with van der Waals surface area (Å²) >= 11 is 3.44. The number of aliphatic hydroxyl groups is 1. The number of aromatic nitrogens is 8. The normalized spacial score (nSPS) is 11.1. The number of nitrogens with zero attached hydrogens (tertiary/aromatic N) is 6. The van der Waals surface area contributed by atoms with Crippen LogP contribution in [0.25, 0.3) is 44.6 Å². The predicted octanol–water partition coefficient (Wildman–Crippen LogP) is 8.99. The van der Waals surface area contributed by atoms with Gasteiger partial charge in [-0.05, 0) is 74.5 Å². The highest BCUT2D eigenvalue weighted by atomic mass is 79.9. The van der Waals surface area contributed by atoms with Gasteiger partial charge in [0, 0.05) is 45.7 Å². The van der Waals surface area contributed by atoms with Crippen LogP contribution in [0.3, 0.4) is 0 Å². The van der Waals surface area contributed by atoms with Crippen molar-refractivity contribution in [2.45, 2.75) is 19.4 Å². The van der Waals surface area contributed by atoms with Crippen LogP contribution >= 0.6 is 15.9 Å². The van der Waals surface area contributed by atoms with E-state index in [1.165, 1.54) is 12.1 Å². The zero-order valence-electron chi connectivity index (χ0n) is 31.4. The standard InChI is InChI=1S/C23H19F2N5O2.C18H12BrF2N5O/c1-23(2,31)9-8-13-4-7-19(32-3)15(10-13)20-16-12-26-22(28-21(16)30-29-20)27-18-6-5-14(24)11-17(18)25;1-27-15-5-2-9(19)6-11(15)16-12-8-22-18(24-17(12)26-25-16)23-14-4-3-10(20)7-13(14)21/h4-7,10-12,31H,1-3H3,(H2,26,27,28,29,30);2-8H,1H3,(H2,22,23,24,25,26). The first-order valence-corrected chi connectivity index (χ1v) is 18.2.